The Labute approximate surface area is 127 Å². The van der Waals surface area contributed by atoms with Gasteiger partial charge in [0, 0.05) is 13.1 Å². The molecule has 0 aliphatic rings. The number of hydrogen-bond acceptors (Lipinski definition) is 2. The lowest BCUT2D eigenvalue weighted by atomic mass is 9.93. The Balaban J connectivity index is 2.51. The Morgan fingerprint density at radius 3 is 2.48 bits per heavy atom. The summed E-state index contributed by atoms with van der Waals surface area (Å²) < 4.78 is 0. The van der Waals surface area contributed by atoms with E-state index in [1.54, 1.807) is 13.8 Å². The maximum atomic E-state index is 11.3. The van der Waals surface area contributed by atoms with Gasteiger partial charge in [0.15, 0.2) is 5.96 Å². The number of nitrogens with zero attached hydrogens (tertiary/aromatic N) is 1. The smallest absolute Gasteiger partial charge is 0.224 e. The Bertz CT molecular complexity index is 468. The lowest BCUT2D eigenvalue weighted by Crippen LogP contribution is -2.40. The van der Waals surface area contributed by atoms with Crippen LogP contribution in [0.15, 0.2) is 35.3 Å². The molecule has 0 bridgehead atoms. The molecule has 0 unspecified atom stereocenters. The molecule has 1 rings (SSSR count). The predicted molar refractivity (Wildman–Crippen MR) is 87.1 cm³/mol. The van der Waals surface area contributed by atoms with E-state index >= 15 is 0 Å². The van der Waals surface area contributed by atoms with Gasteiger partial charge in [0.05, 0.1) is 12.0 Å². The zero-order chi connectivity index (χ0) is 15.7. The second kappa shape index (κ2) is 8.29. The van der Waals surface area contributed by atoms with E-state index in [4.69, 9.17) is 5.73 Å². The summed E-state index contributed by atoms with van der Waals surface area (Å²) >= 11 is 0. The number of nitrogens with one attached hydrogen (secondary N) is 2. The highest BCUT2D eigenvalue weighted by Gasteiger charge is 2.24. The Kier molecular flexibility index (Phi) is 6.72. The summed E-state index contributed by atoms with van der Waals surface area (Å²) in [5.74, 6) is 0.370. The van der Waals surface area contributed by atoms with Gasteiger partial charge < -0.3 is 16.4 Å². The summed E-state index contributed by atoms with van der Waals surface area (Å²) in [6.45, 7) is 7.52. The molecule has 0 radical (unpaired) electrons. The van der Waals surface area contributed by atoms with E-state index in [9.17, 15) is 4.79 Å². The Hall–Kier alpha value is -2.04. The fourth-order valence-corrected chi connectivity index (χ4v) is 1.67. The monoisotopic (exact) mass is 290 g/mol. The molecule has 1 aromatic rings. The molecule has 0 heterocycles. The van der Waals surface area contributed by atoms with Crippen molar-refractivity contribution in [3.8, 4) is 0 Å². The van der Waals surface area contributed by atoms with Gasteiger partial charge >= 0.3 is 0 Å². The minimum atomic E-state index is -0.637. The van der Waals surface area contributed by atoms with Crippen LogP contribution in [0.3, 0.4) is 0 Å². The highest BCUT2D eigenvalue weighted by molar-refractivity contribution is 5.82. The van der Waals surface area contributed by atoms with Crippen molar-refractivity contribution >= 4 is 11.9 Å². The molecule has 5 nitrogen and oxygen atoms in total. The summed E-state index contributed by atoms with van der Waals surface area (Å²) in [4.78, 5) is 15.7. The Morgan fingerprint density at radius 2 is 1.90 bits per heavy atom. The summed E-state index contributed by atoms with van der Waals surface area (Å²) in [5.41, 5.74) is 6.00. The average Bonchev–Trinajstić information content (AvgIpc) is 2.46. The van der Waals surface area contributed by atoms with Crippen LogP contribution in [0.1, 0.15) is 26.3 Å². The predicted octanol–water partition coefficient (Wildman–Crippen LogP) is 1.30. The van der Waals surface area contributed by atoms with Crippen molar-refractivity contribution in [1.82, 2.24) is 10.6 Å². The summed E-state index contributed by atoms with van der Waals surface area (Å²) in [5, 5.41) is 6.43. The van der Waals surface area contributed by atoms with Gasteiger partial charge in [-0.05, 0) is 32.8 Å². The topological polar surface area (TPSA) is 79.5 Å². The van der Waals surface area contributed by atoms with Gasteiger partial charge in [-0.25, -0.2) is 0 Å². The maximum Gasteiger partial charge on any atom is 0.224 e. The molecule has 0 aromatic heterocycles. The molecule has 0 saturated heterocycles. The zero-order valence-corrected chi connectivity index (χ0v) is 13.1. The van der Waals surface area contributed by atoms with Gasteiger partial charge in [0.2, 0.25) is 5.91 Å². The van der Waals surface area contributed by atoms with Crippen LogP contribution in [0.2, 0.25) is 0 Å². The van der Waals surface area contributed by atoms with Gasteiger partial charge in [-0.3, -0.25) is 9.79 Å². The minimum absolute atomic E-state index is 0.341. The number of aliphatic imine (C=N–C) groups is 1. The van der Waals surface area contributed by atoms with Gasteiger partial charge in [0.25, 0.3) is 0 Å². The van der Waals surface area contributed by atoms with Crippen molar-refractivity contribution in [3.05, 3.63) is 35.9 Å². The van der Waals surface area contributed by atoms with Crippen LogP contribution in [-0.2, 0) is 11.2 Å². The largest absolute Gasteiger partial charge is 0.369 e. The number of rotatable bonds is 7. The average molecular weight is 290 g/mol. The van der Waals surface area contributed by atoms with Crippen LogP contribution in [0.5, 0.6) is 0 Å². The number of hydrogen-bond donors (Lipinski definition) is 3. The van der Waals surface area contributed by atoms with Gasteiger partial charge in [-0.15, -0.1) is 0 Å². The van der Waals surface area contributed by atoms with E-state index in [0.717, 1.165) is 19.5 Å². The van der Waals surface area contributed by atoms with E-state index in [1.807, 2.05) is 25.1 Å². The van der Waals surface area contributed by atoms with E-state index < -0.39 is 5.41 Å². The summed E-state index contributed by atoms with van der Waals surface area (Å²) in [6.07, 6.45) is 0.921. The first-order chi connectivity index (χ1) is 9.95. The van der Waals surface area contributed by atoms with Crippen molar-refractivity contribution in [2.45, 2.75) is 27.2 Å². The summed E-state index contributed by atoms with van der Waals surface area (Å²) in [7, 11) is 0. The fraction of sp³-hybridized carbons (Fsp3) is 0.500. The molecule has 0 fully saturated rings. The second-order valence-corrected chi connectivity index (χ2v) is 5.61. The summed E-state index contributed by atoms with van der Waals surface area (Å²) in [6, 6.07) is 10.3. The molecule has 0 aliphatic heterocycles. The third-order valence-electron chi connectivity index (χ3n) is 3.19. The first-order valence-corrected chi connectivity index (χ1v) is 7.31. The molecule has 1 amide bonds. The fourth-order valence-electron chi connectivity index (χ4n) is 1.67. The molecular formula is C16H26N4O. The number of benzene rings is 1. The molecule has 0 atom stereocenters. The third-order valence-corrected chi connectivity index (χ3v) is 3.19. The van der Waals surface area contributed by atoms with Crippen LogP contribution in [-0.4, -0.2) is 31.5 Å². The number of amides is 1. The van der Waals surface area contributed by atoms with Gasteiger partial charge in [-0.2, -0.15) is 0 Å². The van der Waals surface area contributed by atoms with E-state index in [1.165, 1.54) is 5.56 Å². The van der Waals surface area contributed by atoms with Gasteiger partial charge in [0.1, 0.15) is 0 Å². The van der Waals surface area contributed by atoms with Crippen molar-refractivity contribution in [1.29, 1.82) is 0 Å². The van der Waals surface area contributed by atoms with E-state index in [-0.39, 0.29) is 5.91 Å². The highest BCUT2D eigenvalue weighted by atomic mass is 16.1. The van der Waals surface area contributed by atoms with Gasteiger partial charge in [-0.1, -0.05) is 30.3 Å². The minimum Gasteiger partial charge on any atom is -0.369 e. The molecule has 0 spiro atoms. The molecule has 21 heavy (non-hydrogen) atoms. The van der Waals surface area contributed by atoms with Crippen molar-refractivity contribution < 1.29 is 4.79 Å². The first-order valence-electron chi connectivity index (χ1n) is 7.31. The highest BCUT2D eigenvalue weighted by Crippen LogP contribution is 2.13. The number of guanidine groups is 1. The van der Waals surface area contributed by atoms with E-state index in [2.05, 4.69) is 27.8 Å². The molecule has 5 heteroatoms. The Morgan fingerprint density at radius 1 is 1.24 bits per heavy atom. The van der Waals surface area contributed by atoms with Crippen LogP contribution < -0.4 is 16.4 Å². The number of nitrogens with two attached hydrogens (primary N) is 1. The first kappa shape index (κ1) is 17.0. The number of primary amides is 1. The van der Waals surface area contributed by atoms with Crippen molar-refractivity contribution in [2.75, 3.05) is 19.6 Å². The number of carbonyl (C=O) groups excluding carboxylic acids is 1. The standard InChI is InChI=1S/C16H26N4O/c1-4-18-15(20-12-16(2,3)14(17)21)19-11-10-13-8-6-5-7-9-13/h5-9H,4,10-12H2,1-3H3,(H2,17,21)(H2,18,19,20). The SMILES string of the molecule is CCNC(=NCC(C)(C)C(N)=O)NCCc1ccccc1. The lowest BCUT2D eigenvalue weighted by molar-refractivity contribution is -0.125. The molecule has 116 valence electrons. The van der Waals surface area contributed by atoms with Crippen molar-refractivity contribution in [2.24, 2.45) is 16.1 Å². The number of carbonyl (C=O) groups is 1. The normalized spacial score (nSPS) is 12.0. The van der Waals surface area contributed by atoms with Crippen LogP contribution >= 0.6 is 0 Å². The molecule has 0 saturated carbocycles. The zero-order valence-electron chi connectivity index (χ0n) is 13.1. The third kappa shape index (κ3) is 6.29. The molecule has 4 N–H and O–H groups in total. The van der Waals surface area contributed by atoms with Crippen LogP contribution in [0.4, 0.5) is 0 Å². The molecule has 0 aliphatic carbocycles. The molecule has 1 aromatic carbocycles. The second-order valence-electron chi connectivity index (χ2n) is 5.61. The van der Waals surface area contributed by atoms with Crippen LogP contribution in [0, 0.1) is 5.41 Å². The maximum absolute atomic E-state index is 11.3. The van der Waals surface area contributed by atoms with Crippen LogP contribution in [0.25, 0.3) is 0 Å². The quantitative estimate of drug-likeness (QED) is 0.523. The van der Waals surface area contributed by atoms with Crippen molar-refractivity contribution in [3.63, 3.8) is 0 Å². The molecular weight excluding hydrogens is 264 g/mol. The van der Waals surface area contributed by atoms with E-state index in [0.29, 0.717) is 12.5 Å². The lowest BCUT2D eigenvalue weighted by Gasteiger charge is -2.19.